The van der Waals surface area contributed by atoms with Crippen molar-refractivity contribution < 1.29 is 9.90 Å². The Kier molecular flexibility index (Phi) is 4.00. The van der Waals surface area contributed by atoms with Crippen LogP contribution in [0.1, 0.15) is 51.4 Å². The van der Waals surface area contributed by atoms with Gasteiger partial charge in [0.25, 0.3) is 0 Å². The number of hydrogen-bond donors (Lipinski definition) is 1. The van der Waals surface area contributed by atoms with Gasteiger partial charge in [0.2, 0.25) is 0 Å². The van der Waals surface area contributed by atoms with Crippen LogP contribution in [0.5, 0.6) is 0 Å². The van der Waals surface area contributed by atoms with Crippen molar-refractivity contribution in [3.8, 4) is 12.3 Å². The molecule has 0 unspecified atom stereocenters. The van der Waals surface area contributed by atoms with Gasteiger partial charge in [-0.2, -0.15) is 0 Å². The number of hydrogen-bond acceptors (Lipinski definition) is 1. The maximum Gasteiger partial charge on any atom is 0.309 e. The lowest BCUT2D eigenvalue weighted by Gasteiger charge is -2.27. The van der Waals surface area contributed by atoms with Crippen LogP contribution in [-0.2, 0) is 4.79 Å². The fourth-order valence-electron chi connectivity index (χ4n) is 2.29. The van der Waals surface area contributed by atoms with E-state index in [0.29, 0.717) is 12.8 Å². The lowest BCUT2D eigenvalue weighted by atomic mass is 9.76. The van der Waals surface area contributed by atoms with Crippen LogP contribution in [-0.4, -0.2) is 11.1 Å². The first-order chi connectivity index (χ1) is 6.71. The lowest BCUT2D eigenvalue weighted by Crippen LogP contribution is -2.30. The van der Waals surface area contributed by atoms with Crippen molar-refractivity contribution in [2.24, 2.45) is 5.41 Å². The summed E-state index contributed by atoms with van der Waals surface area (Å²) in [5.41, 5.74) is -0.511. The van der Waals surface area contributed by atoms with Crippen LogP contribution >= 0.6 is 0 Å². The van der Waals surface area contributed by atoms with E-state index in [1.165, 1.54) is 12.8 Å². The highest BCUT2D eigenvalue weighted by Gasteiger charge is 2.37. The zero-order valence-electron chi connectivity index (χ0n) is 8.59. The molecule has 0 saturated heterocycles. The van der Waals surface area contributed by atoms with Crippen molar-refractivity contribution in [1.29, 1.82) is 0 Å². The second-order valence-electron chi connectivity index (χ2n) is 4.20. The number of carboxylic acids is 1. The van der Waals surface area contributed by atoms with Crippen LogP contribution in [0.4, 0.5) is 0 Å². The van der Waals surface area contributed by atoms with Gasteiger partial charge in [-0.05, 0) is 19.3 Å². The van der Waals surface area contributed by atoms with Gasteiger partial charge in [0.05, 0.1) is 5.41 Å². The van der Waals surface area contributed by atoms with Gasteiger partial charge in [-0.1, -0.05) is 25.7 Å². The minimum atomic E-state index is -0.644. The summed E-state index contributed by atoms with van der Waals surface area (Å²) in [6.45, 7) is 0. The summed E-state index contributed by atoms with van der Waals surface area (Å²) in [7, 11) is 0. The molecule has 2 heteroatoms. The van der Waals surface area contributed by atoms with E-state index in [1.807, 2.05) is 0 Å². The quantitative estimate of drug-likeness (QED) is 0.554. The summed E-state index contributed by atoms with van der Waals surface area (Å²) in [6.07, 6.45) is 12.5. The molecular formula is C12H18O2. The number of rotatable bonds is 3. The molecule has 0 radical (unpaired) electrons. The minimum Gasteiger partial charge on any atom is -0.481 e. The van der Waals surface area contributed by atoms with E-state index in [4.69, 9.17) is 6.42 Å². The second-order valence-corrected chi connectivity index (χ2v) is 4.20. The molecule has 1 fully saturated rings. The van der Waals surface area contributed by atoms with Crippen LogP contribution in [0.3, 0.4) is 0 Å². The van der Waals surface area contributed by atoms with E-state index in [0.717, 1.165) is 25.7 Å². The zero-order valence-corrected chi connectivity index (χ0v) is 8.59. The van der Waals surface area contributed by atoms with Crippen molar-refractivity contribution in [1.82, 2.24) is 0 Å². The Morgan fingerprint density at radius 1 is 1.29 bits per heavy atom. The third kappa shape index (κ3) is 2.51. The number of carboxylic acid groups (broad SMARTS) is 1. The first-order valence-electron chi connectivity index (χ1n) is 5.38. The summed E-state index contributed by atoms with van der Waals surface area (Å²) >= 11 is 0. The Morgan fingerprint density at radius 3 is 2.29 bits per heavy atom. The standard InChI is InChI=1S/C12H18O2/c1-2-3-8-12(11(13)14)9-6-4-5-7-10-12/h1H,3-10H2,(H,13,14). The third-order valence-electron chi connectivity index (χ3n) is 3.26. The molecule has 0 aromatic rings. The Balaban J connectivity index is 2.68. The number of terminal acetylenes is 1. The Morgan fingerprint density at radius 2 is 1.86 bits per heavy atom. The molecule has 1 rings (SSSR count). The lowest BCUT2D eigenvalue weighted by molar-refractivity contribution is -0.150. The van der Waals surface area contributed by atoms with E-state index >= 15 is 0 Å². The summed E-state index contributed by atoms with van der Waals surface area (Å²) in [5, 5.41) is 9.27. The smallest absolute Gasteiger partial charge is 0.309 e. The monoisotopic (exact) mass is 194 g/mol. The molecule has 0 aromatic carbocycles. The SMILES string of the molecule is C#CCCC1(C(=O)O)CCCCCC1. The van der Waals surface area contributed by atoms with Crippen molar-refractivity contribution >= 4 is 5.97 Å². The van der Waals surface area contributed by atoms with Gasteiger partial charge in [0, 0.05) is 6.42 Å². The van der Waals surface area contributed by atoms with Crippen molar-refractivity contribution in [2.75, 3.05) is 0 Å². The molecule has 0 atom stereocenters. The summed E-state index contributed by atoms with van der Waals surface area (Å²) < 4.78 is 0. The molecular weight excluding hydrogens is 176 g/mol. The largest absolute Gasteiger partial charge is 0.481 e. The van der Waals surface area contributed by atoms with Crippen molar-refractivity contribution in [2.45, 2.75) is 51.4 Å². The molecule has 0 aliphatic heterocycles. The topological polar surface area (TPSA) is 37.3 Å². The second kappa shape index (κ2) is 5.05. The fourth-order valence-corrected chi connectivity index (χ4v) is 2.29. The van der Waals surface area contributed by atoms with E-state index in [1.54, 1.807) is 0 Å². The van der Waals surface area contributed by atoms with Crippen LogP contribution in [0.25, 0.3) is 0 Å². The first-order valence-corrected chi connectivity index (χ1v) is 5.38. The van der Waals surface area contributed by atoms with Gasteiger partial charge in [0.15, 0.2) is 0 Å². The molecule has 1 N–H and O–H groups in total. The van der Waals surface area contributed by atoms with Crippen LogP contribution in [0, 0.1) is 17.8 Å². The van der Waals surface area contributed by atoms with Gasteiger partial charge in [0.1, 0.15) is 0 Å². The highest BCUT2D eigenvalue weighted by atomic mass is 16.4. The Hall–Kier alpha value is -0.970. The highest BCUT2D eigenvalue weighted by molar-refractivity contribution is 5.74. The van der Waals surface area contributed by atoms with Gasteiger partial charge in [-0.25, -0.2) is 0 Å². The maximum atomic E-state index is 11.3. The molecule has 78 valence electrons. The molecule has 0 spiro atoms. The van der Waals surface area contributed by atoms with Crippen LogP contribution in [0.2, 0.25) is 0 Å². The predicted molar refractivity (Wildman–Crippen MR) is 55.8 cm³/mol. The van der Waals surface area contributed by atoms with Gasteiger partial charge >= 0.3 is 5.97 Å². The van der Waals surface area contributed by atoms with Gasteiger partial charge in [-0.15, -0.1) is 12.3 Å². The van der Waals surface area contributed by atoms with Crippen LogP contribution < -0.4 is 0 Å². The Labute approximate surface area is 85.7 Å². The van der Waals surface area contributed by atoms with E-state index in [-0.39, 0.29) is 0 Å². The fraction of sp³-hybridized carbons (Fsp3) is 0.750. The first kappa shape index (κ1) is 11.1. The maximum absolute atomic E-state index is 11.3. The summed E-state index contributed by atoms with van der Waals surface area (Å²) in [5.74, 6) is 1.91. The minimum absolute atomic E-state index is 0.511. The Bertz CT molecular complexity index is 229. The van der Waals surface area contributed by atoms with Crippen molar-refractivity contribution in [3.05, 3.63) is 0 Å². The zero-order chi connectivity index (χ0) is 10.4. The highest BCUT2D eigenvalue weighted by Crippen LogP contribution is 2.39. The predicted octanol–water partition coefficient (Wildman–Crippen LogP) is 2.83. The van der Waals surface area contributed by atoms with Crippen molar-refractivity contribution in [3.63, 3.8) is 0 Å². The summed E-state index contributed by atoms with van der Waals surface area (Å²) in [6, 6.07) is 0. The van der Waals surface area contributed by atoms with Gasteiger partial charge < -0.3 is 5.11 Å². The molecule has 0 bridgehead atoms. The normalized spacial score (nSPS) is 20.8. The van der Waals surface area contributed by atoms with Gasteiger partial charge in [-0.3, -0.25) is 4.79 Å². The molecule has 1 aliphatic rings. The molecule has 1 aliphatic carbocycles. The van der Waals surface area contributed by atoms with E-state index in [2.05, 4.69) is 5.92 Å². The molecule has 2 nitrogen and oxygen atoms in total. The summed E-state index contributed by atoms with van der Waals surface area (Å²) in [4.78, 5) is 11.3. The average Bonchev–Trinajstić information content (AvgIpc) is 2.41. The number of aliphatic carboxylic acids is 1. The number of carbonyl (C=O) groups is 1. The third-order valence-corrected chi connectivity index (χ3v) is 3.26. The molecule has 1 saturated carbocycles. The van der Waals surface area contributed by atoms with E-state index in [9.17, 15) is 9.90 Å². The average molecular weight is 194 g/mol. The molecule has 0 amide bonds. The molecule has 0 heterocycles. The van der Waals surface area contributed by atoms with E-state index < -0.39 is 11.4 Å². The molecule has 14 heavy (non-hydrogen) atoms. The molecule has 0 aromatic heterocycles. The van der Waals surface area contributed by atoms with Crippen LogP contribution in [0.15, 0.2) is 0 Å².